The molecule has 0 aromatic heterocycles. The van der Waals surface area contributed by atoms with Gasteiger partial charge in [0.15, 0.2) is 0 Å². The molecule has 1 aromatic carbocycles. The largest absolute Gasteiger partial charge is 0.444 e. The molecule has 4 rings (SSSR count). The second-order valence-electron chi connectivity index (χ2n) is 11.0. The average Bonchev–Trinajstić information content (AvgIpc) is 3.26. The Morgan fingerprint density at radius 3 is 2.66 bits per heavy atom. The molecule has 5 heteroatoms. The zero-order valence-corrected chi connectivity index (χ0v) is 18.9. The van der Waals surface area contributed by atoms with Crippen LogP contribution >= 0.6 is 0 Å². The molecule has 156 valence electrons. The molecule has 1 amide bonds. The van der Waals surface area contributed by atoms with Gasteiger partial charge in [-0.15, -0.1) is 0 Å². The number of hydrogen-bond acceptors (Lipinski definition) is 3. The molecule has 1 saturated heterocycles. The molecular formula is C24H34BNO3. The van der Waals surface area contributed by atoms with Crippen LogP contribution in [0.5, 0.6) is 0 Å². The van der Waals surface area contributed by atoms with Crippen molar-refractivity contribution >= 4 is 24.0 Å². The number of amides is 1. The van der Waals surface area contributed by atoms with Crippen LogP contribution in [-0.4, -0.2) is 42.2 Å². The minimum Gasteiger partial charge on any atom is -0.444 e. The van der Waals surface area contributed by atoms with Crippen LogP contribution in [0.25, 0.3) is 5.57 Å². The van der Waals surface area contributed by atoms with Crippen LogP contribution in [-0.2, 0) is 9.39 Å². The van der Waals surface area contributed by atoms with E-state index in [2.05, 4.69) is 58.0 Å². The van der Waals surface area contributed by atoms with Gasteiger partial charge in [-0.05, 0) is 68.4 Å². The maximum Gasteiger partial charge on any atom is 0.410 e. The number of carbonyl (C=O) groups excluding carboxylic acids is 1. The van der Waals surface area contributed by atoms with Crippen LogP contribution in [0.15, 0.2) is 30.3 Å². The predicted molar refractivity (Wildman–Crippen MR) is 118 cm³/mol. The van der Waals surface area contributed by atoms with Crippen molar-refractivity contribution in [2.24, 2.45) is 11.3 Å². The van der Waals surface area contributed by atoms with Crippen LogP contribution in [0.3, 0.4) is 0 Å². The first-order valence-electron chi connectivity index (χ1n) is 10.8. The Bertz CT molecular complexity index is 852. The molecule has 0 radical (unpaired) electrons. The van der Waals surface area contributed by atoms with Crippen molar-refractivity contribution in [2.45, 2.75) is 71.9 Å². The first-order valence-corrected chi connectivity index (χ1v) is 10.8. The lowest BCUT2D eigenvalue weighted by atomic mass is 9.50. The number of benzene rings is 1. The monoisotopic (exact) mass is 395 g/mol. The summed E-state index contributed by atoms with van der Waals surface area (Å²) < 4.78 is 12.2. The molecule has 2 unspecified atom stereocenters. The predicted octanol–water partition coefficient (Wildman–Crippen LogP) is 4.74. The Labute approximate surface area is 175 Å². The molecule has 0 spiro atoms. The van der Waals surface area contributed by atoms with Gasteiger partial charge in [-0.1, -0.05) is 50.6 Å². The summed E-state index contributed by atoms with van der Waals surface area (Å²) in [5, 5.41) is 0. The molecule has 29 heavy (non-hydrogen) atoms. The number of rotatable bonds is 2. The second kappa shape index (κ2) is 6.63. The van der Waals surface area contributed by atoms with E-state index >= 15 is 0 Å². The van der Waals surface area contributed by atoms with Gasteiger partial charge < -0.3 is 14.3 Å². The number of hydrogen-bond donors (Lipinski definition) is 0. The molecule has 0 N–H and O–H groups in total. The van der Waals surface area contributed by atoms with Crippen molar-refractivity contribution in [3.05, 3.63) is 35.9 Å². The summed E-state index contributed by atoms with van der Waals surface area (Å²) in [4.78, 5) is 14.1. The lowest BCUT2D eigenvalue weighted by Gasteiger charge is -2.48. The Kier molecular flexibility index (Phi) is 4.69. The molecule has 2 fully saturated rings. The molecule has 3 aliphatic rings. The Hall–Kier alpha value is -1.75. The third kappa shape index (κ3) is 3.74. The van der Waals surface area contributed by atoms with Gasteiger partial charge >= 0.3 is 13.0 Å². The SMILES string of the molecule is CC(C)(C)OC(=O)N1CC=C(c2cccc(B3OC(C)(C)C(C)(C)C4CC34)c2)C1. The summed E-state index contributed by atoms with van der Waals surface area (Å²) in [6.07, 6.45) is 3.14. The summed E-state index contributed by atoms with van der Waals surface area (Å²) in [5.74, 6) is 1.34. The topological polar surface area (TPSA) is 38.8 Å². The lowest BCUT2D eigenvalue weighted by molar-refractivity contribution is -0.0399. The highest BCUT2D eigenvalue weighted by molar-refractivity contribution is 6.70. The van der Waals surface area contributed by atoms with Gasteiger partial charge in [0.2, 0.25) is 0 Å². The van der Waals surface area contributed by atoms with E-state index in [1.165, 1.54) is 23.0 Å². The van der Waals surface area contributed by atoms with Gasteiger partial charge in [0, 0.05) is 13.1 Å². The number of carbonyl (C=O) groups is 1. The molecule has 2 atom stereocenters. The first-order chi connectivity index (χ1) is 13.4. The van der Waals surface area contributed by atoms with Crippen molar-refractivity contribution in [1.82, 2.24) is 4.90 Å². The summed E-state index contributed by atoms with van der Waals surface area (Å²) in [7, 11) is 0. The van der Waals surface area contributed by atoms with E-state index in [0.29, 0.717) is 18.9 Å². The zero-order valence-electron chi connectivity index (χ0n) is 18.9. The maximum absolute atomic E-state index is 12.4. The molecular weight excluding hydrogens is 361 g/mol. The van der Waals surface area contributed by atoms with Gasteiger partial charge in [0.25, 0.3) is 0 Å². The fourth-order valence-corrected chi connectivity index (χ4v) is 4.84. The van der Waals surface area contributed by atoms with E-state index in [1.807, 2.05) is 20.8 Å². The summed E-state index contributed by atoms with van der Waals surface area (Å²) in [6, 6.07) is 8.71. The Balaban J connectivity index is 1.49. The normalized spacial score (nSPS) is 27.3. The number of fused-ring (bicyclic) bond motifs is 1. The zero-order chi connectivity index (χ0) is 21.2. The van der Waals surface area contributed by atoms with E-state index in [9.17, 15) is 4.79 Å². The number of nitrogens with zero attached hydrogens (tertiary/aromatic N) is 1. The molecule has 2 heterocycles. The van der Waals surface area contributed by atoms with E-state index < -0.39 is 5.60 Å². The molecule has 0 bridgehead atoms. The highest BCUT2D eigenvalue weighted by Crippen LogP contribution is 2.65. The second-order valence-corrected chi connectivity index (χ2v) is 11.0. The van der Waals surface area contributed by atoms with Gasteiger partial charge in [-0.3, -0.25) is 0 Å². The third-order valence-corrected chi connectivity index (χ3v) is 7.29. The Morgan fingerprint density at radius 1 is 1.24 bits per heavy atom. The van der Waals surface area contributed by atoms with Crippen LogP contribution in [0, 0.1) is 11.3 Å². The third-order valence-electron chi connectivity index (χ3n) is 7.29. The minimum atomic E-state index is -0.473. The van der Waals surface area contributed by atoms with E-state index in [4.69, 9.17) is 9.39 Å². The van der Waals surface area contributed by atoms with Crippen molar-refractivity contribution < 1.29 is 14.2 Å². The molecule has 2 aliphatic heterocycles. The quantitative estimate of drug-likeness (QED) is 0.679. The van der Waals surface area contributed by atoms with Crippen molar-refractivity contribution in [2.75, 3.05) is 13.1 Å². The van der Waals surface area contributed by atoms with E-state index in [-0.39, 0.29) is 24.0 Å². The van der Waals surface area contributed by atoms with Gasteiger partial charge in [-0.25, -0.2) is 4.79 Å². The highest BCUT2D eigenvalue weighted by atomic mass is 16.6. The number of ether oxygens (including phenoxy) is 1. The summed E-state index contributed by atoms with van der Waals surface area (Å²) in [6.45, 7) is 16.2. The fraction of sp³-hybridized carbons (Fsp3) is 0.625. The van der Waals surface area contributed by atoms with Crippen LogP contribution in [0.2, 0.25) is 5.82 Å². The fourth-order valence-electron chi connectivity index (χ4n) is 4.84. The van der Waals surface area contributed by atoms with E-state index in [1.54, 1.807) is 4.90 Å². The molecule has 1 aliphatic carbocycles. The molecule has 4 nitrogen and oxygen atoms in total. The lowest BCUT2D eigenvalue weighted by Crippen LogP contribution is -2.54. The van der Waals surface area contributed by atoms with Crippen LogP contribution < -0.4 is 5.46 Å². The van der Waals surface area contributed by atoms with Crippen molar-refractivity contribution in [3.63, 3.8) is 0 Å². The summed E-state index contributed by atoms with van der Waals surface area (Å²) in [5.41, 5.74) is 3.20. The Morgan fingerprint density at radius 2 is 1.97 bits per heavy atom. The van der Waals surface area contributed by atoms with Crippen LogP contribution in [0.4, 0.5) is 4.79 Å². The van der Waals surface area contributed by atoms with Crippen LogP contribution in [0.1, 0.15) is 60.5 Å². The van der Waals surface area contributed by atoms with Gasteiger partial charge in [0.1, 0.15) is 5.60 Å². The smallest absolute Gasteiger partial charge is 0.410 e. The summed E-state index contributed by atoms with van der Waals surface area (Å²) >= 11 is 0. The first kappa shape index (κ1) is 20.5. The van der Waals surface area contributed by atoms with Crippen molar-refractivity contribution in [3.8, 4) is 0 Å². The molecule has 1 aromatic rings. The molecule has 1 saturated carbocycles. The standard InChI is InChI=1S/C24H34BNO3/c1-22(2,3)28-21(27)26-12-11-17(15-26)16-9-8-10-18(13-16)25-20-14-19(20)23(4,5)24(6,7)29-25/h8-11,13,19-20H,12,14-15H2,1-7H3. The van der Waals surface area contributed by atoms with Crippen molar-refractivity contribution in [1.29, 1.82) is 0 Å². The maximum atomic E-state index is 12.4. The van der Waals surface area contributed by atoms with E-state index in [0.717, 1.165) is 5.92 Å². The van der Waals surface area contributed by atoms with Gasteiger partial charge in [-0.2, -0.15) is 0 Å². The minimum absolute atomic E-state index is 0.147. The highest BCUT2D eigenvalue weighted by Gasteiger charge is 2.64. The average molecular weight is 395 g/mol. The van der Waals surface area contributed by atoms with Gasteiger partial charge in [0.05, 0.1) is 5.60 Å².